The van der Waals surface area contributed by atoms with E-state index < -0.39 is 0 Å². The van der Waals surface area contributed by atoms with Gasteiger partial charge in [0.2, 0.25) is 6.29 Å². The fourth-order valence-corrected chi connectivity index (χ4v) is 0.864. The highest BCUT2D eigenvalue weighted by molar-refractivity contribution is 5.90. The predicted molar refractivity (Wildman–Crippen MR) is 47.3 cm³/mol. The van der Waals surface area contributed by atoms with Crippen LogP contribution in [-0.2, 0) is 4.79 Å². The van der Waals surface area contributed by atoms with Crippen LogP contribution in [0.1, 0.15) is 5.56 Å². The second-order valence-corrected chi connectivity index (χ2v) is 2.30. The number of allylic oxidation sites excluding steroid dienone is 1. The number of aliphatic hydroxyl groups excluding tert-OH is 1. The maximum Gasteiger partial charge on any atom is 0.248 e. The van der Waals surface area contributed by atoms with Crippen LogP contribution in [0.3, 0.4) is 0 Å². The third kappa shape index (κ3) is 1.94. The Bertz CT molecular complexity index is 374. The maximum absolute atomic E-state index is 10.2. The molecule has 0 aliphatic carbocycles. The minimum atomic E-state index is -0.383. The molecule has 13 heavy (non-hydrogen) atoms. The van der Waals surface area contributed by atoms with Crippen LogP contribution in [0.5, 0.6) is 0 Å². The smallest absolute Gasteiger partial charge is 0.248 e. The van der Waals surface area contributed by atoms with Gasteiger partial charge in [-0.05, 0) is 0 Å². The van der Waals surface area contributed by atoms with Crippen molar-refractivity contribution in [2.45, 2.75) is 0 Å². The molecule has 1 rings (SSSR count). The Kier molecular flexibility index (Phi) is 2.82. The maximum atomic E-state index is 10.2. The third-order valence-electron chi connectivity index (χ3n) is 1.50. The lowest BCUT2D eigenvalue weighted by Crippen LogP contribution is -1.89. The molecule has 0 fully saturated rings. The average molecular weight is 172 g/mol. The quantitative estimate of drug-likeness (QED) is 0.418. The average Bonchev–Trinajstić information content (AvgIpc) is 2.21. The minimum Gasteiger partial charge on any atom is -0.506 e. The van der Waals surface area contributed by atoms with Crippen molar-refractivity contribution in [1.29, 1.82) is 5.26 Å². The molecule has 0 unspecified atom stereocenters. The standard InChI is InChI=1S/C10H6NO2/c11-6-9(7-12)10(13)8-4-2-1-3-5-8/h1-5,13H. The number of rotatable bonds is 2. The van der Waals surface area contributed by atoms with Crippen LogP contribution in [0.15, 0.2) is 35.9 Å². The molecule has 0 spiro atoms. The molecular weight excluding hydrogens is 166 g/mol. The summed E-state index contributed by atoms with van der Waals surface area (Å²) in [6.45, 7) is 0. The Morgan fingerprint density at radius 2 is 1.92 bits per heavy atom. The van der Waals surface area contributed by atoms with Crippen molar-refractivity contribution in [3.63, 3.8) is 0 Å². The summed E-state index contributed by atoms with van der Waals surface area (Å²) >= 11 is 0. The van der Waals surface area contributed by atoms with Gasteiger partial charge in [0, 0.05) is 5.56 Å². The monoisotopic (exact) mass is 172 g/mol. The highest BCUT2D eigenvalue weighted by Gasteiger charge is 2.06. The van der Waals surface area contributed by atoms with E-state index >= 15 is 0 Å². The van der Waals surface area contributed by atoms with Gasteiger partial charge >= 0.3 is 0 Å². The molecule has 1 aromatic carbocycles. The lowest BCUT2D eigenvalue weighted by atomic mass is 10.1. The highest BCUT2D eigenvalue weighted by atomic mass is 16.3. The van der Waals surface area contributed by atoms with Crippen molar-refractivity contribution in [3.8, 4) is 6.07 Å². The number of aliphatic hydroxyl groups is 1. The lowest BCUT2D eigenvalue weighted by Gasteiger charge is -1.97. The molecule has 0 bridgehead atoms. The molecule has 0 heterocycles. The Morgan fingerprint density at radius 3 is 2.38 bits per heavy atom. The number of nitriles is 1. The number of nitrogens with zero attached hydrogens (tertiary/aromatic N) is 1. The molecule has 0 aromatic heterocycles. The van der Waals surface area contributed by atoms with Gasteiger partial charge in [0.05, 0.1) is 0 Å². The van der Waals surface area contributed by atoms with Gasteiger partial charge in [-0.25, -0.2) is 0 Å². The first-order valence-corrected chi connectivity index (χ1v) is 3.56. The van der Waals surface area contributed by atoms with E-state index in [-0.39, 0.29) is 11.3 Å². The van der Waals surface area contributed by atoms with Crippen LogP contribution < -0.4 is 0 Å². The van der Waals surface area contributed by atoms with Crippen LogP contribution >= 0.6 is 0 Å². The fourth-order valence-electron chi connectivity index (χ4n) is 0.864. The van der Waals surface area contributed by atoms with E-state index in [1.165, 1.54) is 6.29 Å². The van der Waals surface area contributed by atoms with E-state index in [1.54, 1.807) is 36.4 Å². The first-order valence-electron chi connectivity index (χ1n) is 3.56. The summed E-state index contributed by atoms with van der Waals surface area (Å²) < 4.78 is 0. The first-order chi connectivity index (χ1) is 6.29. The van der Waals surface area contributed by atoms with Crippen molar-refractivity contribution < 1.29 is 9.90 Å². The summed E-state index contributed by atoms with van der Waals surface area (Å²) in [4.78, 5) is 10.2. The van der Waals surface area contributed by atoms with Crippen LogP contribution in [0.2, 0.25) is 0 Å². The van der Waals surface area contributed by atoms with Crippen molar-refractivity contribution in [1.82, 2.24) is 0 Å². The lowest BCUT2D eigenvalue weighted by molar-refractivity contribution is 0.508. The van der Waals surface area contributed by atoms with Crippen molar-refractivity contribution >= 4 is 12.0 Å². The van der Waals surface area contributed by atoms with Crippen molar-refractivity contribution in [3.05, 3.63) is 41.5 Å². The molecule has 3 nitrogen and oxygen atoms in total. The number of carbonyl (C=O) groups excluding carboxylic acids is 1. The van der Waals surface area contributed by atoms with E-state index in [9.17, 15) is 9.90 Å². The normalized spacial score (nSPS) is 11.3. The SMILES string of the molecule is N#CC([C]=O)=C(O)c1ccccc1. The Morgan fingerprint density at radius 1 is 1.31 bits per heavy atom. The number of benzene rings is 1. The molecular formula is C10H6NO2. The van der Waals surface area contributed by atoms with Crippen molar-refractivity contribution in [2.24, 2.45) is 0 Å². The van der Waals surface area contributed by atoms with Gasteiger partial charge in [0.25, 0.3) is 0 Å². The minimum absolute atomic E-state index is 0.335. The van der Waals surface area contributed by atoms with E-state index in [0.717, 1.165) is 0 Å². The molecule has 0 aliphatic heterocycles. The molecule has 0 saturated carbocycles. The van der Waals surface area contributed by atoms with Crippen LogP contribution in [-0.4, -0.2) is 11.4 Å². The van der Waals surface area contributed by atoms with Crippen LogP contribution in [0, 0.1) is 11.3 Å². The van der Waals surface area contributed by atoms with Crippen LogP contribution in [0.4, 0.5) is 0 Å². The summed E-state index contributed by atoms with van der Waals surface area (Å²) in [7, 11) is 0. The summed E-state index contributed by atoms with van der Waals surface area (Å²) in [5, 5.41) is 17.8. The number of hydrogen-bond donors (Lipinski definition) is 1. The third-order valence-corrected chi connectivity index (χ3v) is 1.50. The highest BCUT2D eigenvalue weighted by Crippen LogP contribution is 2.13. The van der Waals surface area contributed by atoms with Gasteiger partial charge in [-0.15, -0.1) is 0 Å². The van der Waals surface area contributed by atoms with E-state index in [1.807, 2.05) is 0 Å². The predicted octanol–water partition coefficient (Wildman–Crippen LogP) is 1.59. The summed E-state index contributed by atoms with van der Waals surface area (Å²) in [6.07, 6.45) is 1.37. The fraction of sp³-hybridized carbons (Fsp3) is 0. The van der Waals surface area contributed by atoms with E-state index in [0.29, 0.717) is 5.56 Å². The Labute approximate surface area is 75.5 Å². The second kappa shape index (κ2) is 4.07. The molecule has 0 amide bonds. The molecule has 1 aromatic rings. The zero-order chi connectivity index (χ0) is 9.68. The van der Waals surface area contributed by atoms with Gasteiger partial charge in [0.15, 0.2) is 0 Å². The summed E-state index contributed by atoms with van der Waals surface area (Å²) in [5.74, 6) is -0.335. The molecule has 3 heteroatoms. The molecule has 1 radical (unpaired) electrons. The Balaban J connectivity index is 3.18. The topological polar surface area (TPSA) is 61.1 Å². The second-order valence-electron chi connectivity index (χ2n) is 2.30. The van der Waals surface area contributed by atoms with Crippen LogP contribution in [0.25, 0.3) is 5.76 Å². The zero-order valence-electron chi connectivity index (χ0n) is 6.69. The first kappa shape index (κ1) is 9.01. The van der Waals surface area contributed by atoms with Gasteiger partial charge < -0.3 is 5.11 Å². The van der Waals surface area contributed by atoms with Gasteiger partial charge in [-0.3, -0.25) is 4.79 Å². The summed E-state index contributed by atoms with van der Waals surface area (Å²) in [6, 6.07) is 9.93. The molecule has 1 N–H and O–H groups in total. The Hall–Kier alpha value is -2.08. The number of hydrogen-bond acceptors (Lipinski definition) is 3. The van der Waals surface area contributed by atoms with E-state index in [2.05, 4.69) is 0 Å². The molecule has 0 saturated heterocycles. The molecule has 63 valence electrons. The van der Waals surface area contributed by atoms with Gasteiger partial charge in [-0.1, -0.05) is 30.3 Å². The van der Waals surface area contributed by atoms with Gasteiger partial charge in [-0.2, -0.15) is 5.26 Å². The zero-order valence-corrected chi connectivity index (χ0v) is 6.69. The molecule has 0 atom stereocenters. The van der Waals surface area contributed by atoms with Crippen molar-refractivity contribution in [2.75, 3.05) is 0 Å². The van der Waals surface area contributed by atoms with Gasteiger partial charge in [0.1, 0.15) is 17.4 Å². The van der Waals surface area contributed by atoms with E-state index in [4.69, 9.17) is 5.26 Å². The largest absolute Gasteiger partial charge is 0.506 e. The molecule has 0 aliphatic rings. The summed E-state index contributed by atoms with van der Waals surface area (Å²) in [5.41, 5.74) is 0.0496.